The second-order valence-corrected chi connectivity index (χ2v) is 6.49. The molecule has 0 fully saturated rings. The number of carbonyl (C=O) groups is 2. The zero-order valence-electron chi connectivity index (χ0n) is 14.2. The van der Waals surface area contributed by atoms with E-state index in [1.807, 2.05) is 6.07 Å². The molecule has 0 aliphatic heterocycles. The maximum absolute atomic E-state index is 12.1. The molecule has 1 aromatic heterocycles. The number of nitrogens with one attached hydrogen (secondary N) is 1. The van der Waals surface area contributed by atoms with Crippen LogP contribution in [0.2, 0.25) is 5.02 Å². The van der Waals surface area contributed by atoms with Crippen LogP contribution in [0.15, 0.2) is 35.4 Å². The summed E-state index contributed by atoms with van der Waals surface area (Å²) in [5, 5.41) is 12.8. The Bertz CT molecular complexity index is 880. The summed E-state index contributed by atoms with van der Waals surface area (Å²) in [5.41, 5.74) is 1.42. The molecule has 2 aromatic rings. The van der Waals surface area contributed by atoms with Crippen LogP contribution in [-0.4, -0.2) is 29.2 Å². The Labute approximate surface area is 160 Å². The van der Waals surface area contributed by atoms with Crippen LogP contribution >= 0.6 is 23.4 Å². The van der Waals surface area contributed by atoms with E-state index in [9.17, 15) is 14.9 Å². The zero-order chi connectivity index (χ0) is 19.1. The number of anilines is 1. The normalized spacial score (nSPS) is 10.1. The number of nitrogens with zero attached hydrogens (tertiary/aromatic N) is 2. The lowest BCUT2D eigenvalue weighted by molar-refractivity contribution is -0.113. The van der Waals surface area contributed by atoms with Crippen molar-refractivity contribution in [3.8, 4) is 6.07 Å². The van der Waals surface area contributed by atoms with Gasteiger partial charge in [-0.15, -0.1) is 0 Å². The van der Waals surface area contributed by atoms with Gasteiger partial charge >= 0.3 is 5.97 Å². The molecule has 0 spiro atoms. The lowest BCUT2D eigenvalue weighted by Crippen LogP contribution is -2.15. The summed E-state index contributed by atoms with van der Waals surface area (Å²) in [6, 6.07) is 10.3. The van der Waals surface area contributed by atoms with Gasteiger partial charge in [-0.05, 0) is 32.0 Å². The van der Waals surface area contributed by atoms with Gasteiger partial charge in [0.25, 0.3) is 0 Å². The van der Waals surface area contributed by atoms with Crippen molar-refractivity contribution in [2.24, 2.45) is 0 Å². The Morgan fingerprint density at radius 3 is 2.77 bits per heavy atom. The predicted octanol–water partition coefficient (Wildman–Crippen LogP) is 3.82. The number of esters is 1. The number of carbonyl (C=O) groups excluding carboxylic acids is 2. The Morgan fingerprint density at radius 1 is 1.38 bits per heavy atom. The number of rotatable bonds is 6. The number of thioether (sulfide) groups is 1. The maximum Gasteiger partial charge on any atom is 0.340 e. The van der Waals surface area contributed by atoms with Crippen molar-refractivity contribution < 1.29 is 14.3 Å². The van der Waals surface area contributed by atoms with Crippen molar-refractivity contribution in [2.75, 3.05) is 17.7 Å². The average molecular weight is 390 g/mol. The third kappa shape index (κ3) is 4.97. The lowest BCUT2D eigenvalue weighted by Gasteiger charge is -2.10. The van der Waals surface area contributed by atoms with Crippen molar-refractivity contribution >= 4 is 40.9 Å². The van der Waals surface area contributed by atoms with Gasteiger partial charge in [0.05, 0.1) is 39.9 Å². The molecule has 134 valence electrons. The average Bonchev–Trinajstić information content (AvgIpc) is 2.62. The molecule has 0 unspecified atom stereocenters. The van der Waals surface area contributed by atoms with E-state index < -0.39 is 5.97 Å². The molecule has 0 saturated carbocycles. The molecule has 8 heteroatoms. The third-order valence-corrected chi connectivity index (χ3v) is 4.60. The predicted molar refractivity (Wildman–Crippen MR) is 100 cm³/mol. The standard InChI is InChI=1S/C18H16ClN3O3S/c1-3-25-18(24)13-8-12(9-20)17(21-11(13)2)26-10-16(23)22-15-7-5-4-6-14(15)19/h4-8H,3,10H2,1-2H3,(H,22,23). The van der Waals surface area contributed by atoms with E-state index in [1.54, 1.807) is 38.1 Å². The first-order valence-electron chi connectivity index (χ1n) is 7.72. The fraction of sp³-hybridized carbons (Fsp3) is 0.222. The van der Waals surface area contributed by atoms with Crippen molar-refractivity contribution in [1.29, 1.82) is 5.26 Å². The van der Waals surface area contributed by atoms with E-state index >= 15 is 0 Å². The molecule has 0 saturated heterocycles. The fourth-order valence-electron chi connectivity index (χ4n) is 2.07. The van der Waals surface area contributed by atoms with Crippen LogP contribution in [0.5, 0.6) is 0 Å². The molecule has 1 heterocycles. The van der Waals surface area contributed by atoms with Crippen LogP contribution < -0.4 is 5.32 Å². The second kappa shape index (κ2) is 9.22. The first-order valence-corrected chi connectivity index (χ1v) is 9.08. The number of amides is 1. The highest BCUT2D eigenvalue weighted by molar-refractivity contribution is 8.00. The van der Waals surface area contributed by atoms with E-state index in [0.29, 0.717) is 21.4 Å². The maximum atomic E-state index is 12.1. The highest BCUT2D eigenvalue weighted by Crippen LogP contribution is 2.25. The van der Waals surface area contributed by atoms with Gasteiger partial charge in [0.15, 0.2) is 0 Å². The summed E-state index contributed by atoms with van der Waals surface area (Å²) in [5.74, 6) is -0.756. The molecule has 2 rings (SSSR count). The van der Waals surface area contributed by atoms with Gasteiger partial charge in [0.2, 0.25) is 5.91 Å². The molecule has 6 nitrogen and oxygen atoms in total. The first kappa shape index (κ1) is 19.8. The van der Waals surface area contributed by atoms with E-state index in [4.69, 9.17) is 16.3 Å². The molecule has 0 atom stereocenters. The number of benzene rings is 1. The van der Waals surface area contributed by atoms with Gasteiger partial charge < -0.3 is 10.1 Å². The monoisotopic (exact) mass is 389 g/mol. The Morgan fingerprint density at radius 2 is 2.12 bits per heavy atom. The summed E-state index contributed by atoms with van der Waals surface area (Å²) in [4.78, 5) is 28.3. The molecule has 1 amide bonds. The Hall–Kier alpha value is -2.56. The zero-order valence-corrected chi connectivity index (χ0v) is 15.8. The number of nitriles is 1. The lowest BCUT2D eigenvalue weighted by atomic mass is 10.1. The molecule has 1 N–H and O–H groups in total. The van der Waals surface area contributed by atoms with Crippen LogP contribution in [0.25, 0.3) is 0 Å². The highest BCUT2D eigenvalue weighted by Gasteiger charge is 2.17. The van der Waals surface area contributed by atoms with E-state index in [1.165, 1.54) is 6.07 Å². The minimum Gasteiger partial charge on any atom is -0.462 e. The number of pyridine rings is 1. The number of aryl methyl sites for hydroxylation is 1. The smallest absolute Gasteiger partial charge is 0.340 e. The van der Waals surface area contributed by atoms with Crippen LogP contribution in [0.3, 0.4) is 0 Å². The topological polar surface area (TPSA) is 92.1 Å². The van der Waals surface area contributed by atoms with Crippen molar-refractivity contribution in [3.05, 3.63) is 52.2 Å². The SMILES string of the molecule is CCOC(=O)c1cc(C#N)c(SCC(=O)Nc2ccccc2Cl)nc1C. The Balaban J connectivity index is 2.11. The summed E-state index contributed by atoms with van der Waals surface area (Å²) in [6.45, 7) is 3.59. The van der Waals surface area contributed by atoms with Crippen LogP contribution in [0.4, 0.5) is 5.69 Å². The minimum atomic E-state index is -0.526. The molecule has 0 aliphatic carbocycles. The number of halogens is 1. The van der Waals surface area contributed by atoms with Crippen LogP contribution in [0, 0.1) is 18.3 Å². The van der Waals surface area contributed by atoms with Crippen molar-refractivity contribution in [1.82, 2.24) is 4.98 Å². The van der Waals surface area contributed by atoms with Crippen LogP contribution in [0.1, 0.15) is 28.5 Å². The molecule has 1 aromatic carbocycles. The summed E-state index contributed by atoms with van der Waals surface area (Å²) < 4.78 is 4.95. The number of hydrogen-bond donors (Lipinski definition) is 1. The number of aromatic nitrogens is 1. The summed E-state index contributed by atoms with van der Waals surface area (Å²) in [7, 11) is 0. The quantitative estimate of drug-likeness (QED) is 0.596. The fourth-order valence-corrected chi connectivity index (χ4v) is 3.06. The van der Waals surface area contributed by atoms with E-state index in [0.717, 1.165) is 11.8 Å². The van der Waals surface area contributed by atoms with Gasteiger partial charge in [0.1, 0.15) is 11.1 Å². The molecule has 0 bridgehead atoms. The largest absolute Gasteiger partial charge is 0.462 e. The third-order valence-electron chi connectivity index (χ3n) is 3.28. The van der Waals surface area contributed by atoms with E-state index in [-0.39, 0.29) is 29.4 Å². The van der Waals surface area contributed by atoms with Gasteiger partial charge in [0, 0.05) is 0 Å². The van der Waals surface area contributed by atoms with Gasteiger partial charge in [-0.2, -0.15) is 5.26 Å². The van der Waals surface area contributed by atoms with Gasteiger partial charge in [-0.1, -0.05) is 35.5 Å². The van der Waals surface area contributed by atoms with Crippen molar-refractivity contribution in [2.45, 2.75) is 18.9 Å². The summed E-state index contributed by atoms with van der Waals surface area (Å²) in [6.07, 6.45) is 0. The minimum absolute atomic E-state index is 0.0467. The summed E-state index contributed by atoms with van der Waals surface area (Å²) >= 11 is 7.12. The molecular formula is C18H16ClN3O3S. The number of hydrogen-bond acceptors (Lipinski definition) is 6. The highest BCUT2D eigenvalue weighted by atomic mass is 35.5. The molecule has 26 heavy (non-hydrogen) atoms. The van der Waals surface area contributed by atoms with Crippen LogP contribution in [-0.2, 0) is 9.53 Å². The van der Waals surface area contributed by atoms with E-state index in [2.05, 4.69) is 10.3 Å². The molecular weight excluding hydrogens is 374 g/mol. The number of ether oxygens (including phenoxy) is 1. The molecule has 0 radical (unpaired) electrons. The van der Waals surface area contributed by atoms with Gasteiger partial charge in [-0.25, -0.2) is 9.78 Å². The van der Waals surface area contributed by atoms with Crippen molar-refractivity contribution in [3.63, 3.8) is 0 Å². The number of para-hydroxylation sites is 1. The molecule has 0 aliphatic rings. The van der Waals surface area contributed by atoms with Gasteiger partial charge in [-0.3, -0.25) is 4.79 Å². The first-order chi connectivity index (χ1) is 12.5. The second-order valence-electron chi connectivity index (χ2n) is 5.12. The Kier molecular flexibility index (Phi) is 7.01.